The highest BCUT2D eigenvalue weighted by atomic mass is 19.3. The van der Waals surface area contributed by atoms with Gasteiger partial charge in [-0.2, -0.15) is 8.78 Å². The van der Waals surface area contributed by atoms with Gasteiger partial charge in [0.2, 0.25) is 0 Å². The number of allylic oxidation sites excluding steroid dienone is 2. The molecule has 1 aliphatic rings. The first-order valence-electron chi connectivity index (χ1n) is 8.08. The molecule has 1 fully saturated rings. The molecular formula is C18H21F5O. The zero-order valence-electron chi connectivity index (χ0n) is 13.5. The minimum Gasteiger partial charge on any atom is -0.316 e. The van der Waals surface area contributed by atoms with Crippen molar-refractivity contribution >= 4 is 0 Å². The van der Waals surface area contributed by atoms with Gasteiger partial charge in [-0.05, 0) is 62.1 Å². The van der Waals surface area contributed by atoms with Gasteiger partial charge in [-0.15, -0.1) is 0 Å². The second-order valence-corrected chi connectivity index (χ2v) is 6.31. The lowest BCUT2D eigenvalue weighted by Gasteiger charge is -2.29. The smallest absolute Gasteiger partial charge is 0.316 e. The van der Waals surface area contributed by atoms with E-state index in [2.05, 4.69) is 10.8 Å². The van der Waals surface area contributed by atoms with Crippen LogP contribution < -0.4 is 0 Å². The summed E-state index contributed by atoms with van der Waals surface area (Å²) in [4.78, 5) is 0. The van der Waals surface area contributed by atoms with E-state index in [-0.39, 0.29) is 11.5 Å². The monoisotopic (exact) mass is 348 g/mol. The fourth-order valence-electron chi connectivity index (χ4n) is 3.13. The molecule has 0 heterocycles. The largest absolute Gasteiger partial charge is 0.356 e. The van der Waals surface area contributed by atoms with Gasteiger partial charge in [0.15, 0.2) is 17.5 Å². The first-order chi connectivity index (χ1) is 11.3. The minimum atomic E-state index is -3.38. The van der Waals surface area contributed by atoms with Gasteiger partial charge in [0.1, 0.15) is 0 Å². The molecule has 0 saturated heterocycles. The fraction of sp³-hybridized carbons (Fsp3) is 0.556. The molecule has 24 heavy (non-hydrogen) atoms. The standard InChI is InChI=1S/C18H21F5O/c1-2-3-12-4-6-13(7-5-12)10-18(22,23)24-11-14-8-15(19)17(21)16(20)9-14/h2-3,8-9,12-13H,4-7,10-11H2,1H3. The Morgan fingerprint density at radius 2 is 1.67 bits per heavy atom. The zero-order chi connectivity index (χ0) is 17.7. The molecular weight excluding hydrogens is 327 g/mol. The van der Waals surface area contributed by atoms with Crippen LogP contribution in [0.3, 0.4) is 0 Å². The van der Waals surface area contributed by atoms with E-state index in [1.165, 1.54) is 0 Å². The SMILES string of the molecule is CC=CC1CCC(CC(F)(F)OCc2cc(F)c(F)c(F)c2)CC1. The molecule has 1 nitrogen and oxygen atoms in total. The van der Waals surface area contributed by atoms with Gasteiger partial charge in [-0.3, -0.25) is 0 Å². The van der Waals surface area contributed by atoms with Crippen molar-refractivity contribution < 1.29 is 26.7 Å². The van der Waals surface area contributed by atoms with Crippen LogP contribution in [-0.2, 0) is 11.3 Å². The highest BCUT2D eigenvalue weighted by Gasteiger charge is 2.35. The molecule has 0 N–H and O–H groups in total. The van der Waals surface area contributed by atoms with Crippen molar-refractivity contribution in [1.29, 1.82) is 0 Å². The molecule has 0 atom stereocenters. The molecule has 134 valence electrons. The van der Waals surface area contributed by atoms with Gasteiger partial charge in [0.25, 0.3) is 0 Å². The van der Waals surface area contributed by atoms with Crippen LogP contribution in [0.4, 0.5) is 22.0 Å². The molecule has 0 unspecified atom stereocenters. The van der Waals surface area contributed by atoms with E-state index in [0.717, 1.165) is 12.8 Å². The quantitative estimate of drug-likeness (QED) is 0.349. The van der Waals surface area contributed by atoms with Crippen molar-refractivity contribution in [3.63, 3.8) is 0 Å². The van der Waals surface area contributed by atoms with E-state index in [1.807, 2.05) is 13.0 Å². The van der Waals surface area contributed by atoms with Gasteiger partial charge >= 0.3 is 6.11 Å². The number of alkyl halides is 2. The molecule has 0 amide bonds. The molecule has 6 heteroatoms. The molecule has 0 radical (unpaired) electrons. The van der Waals surface area contributed by atoms with E-state index in [1.54, 1.807) is 0 Å². The molecule has 1 aliphatic carbocycles. The first kappa shape index (κ1) is 18.9. The first-order valence-corrected chi connectivity index (χ1v) is 8.08. The predicted molar refractivity (Wildman–Crippen MR) is 80.9 cm³/mol. The van der Waals surface area contributed by atoms with Crippen LogP contribution in [0, 0.1) is 29.3 Å². The number of rotatable bonds is 6. The van der Waals surface area contributed by atoms with Crippen LogP contribution in [0.5, 0.6) is 0 Å². The van der Waals surface area contributed by atoms with Crippen molar-refractivity contribution in [3.05, 3.63) is 47.3 Å². The van der Waals surface area contributed by atoms with Crippen molar-refractivity contribution in [3.8, 4) is 0 Å². The molecule has 1 saturated carbocycles. The van der Waals surface area contributed by atoms with E-state index in [9.17, 15) is 22.0 Å². The Kier molecular flexibility index (Phi) is 6.38. The molecule has 0 spiro atoms. The topological polar surface area (TPSA) is 9.23 Å². The Hall–Kier alpha value is -1.43. The van der Waals surface area contributed by atoms with Crippen molar-refractivity contribution in [2.75, 3.05) is 0 Å². The van der Waals surface area contributed by atoms with Gasteiger partial charge in [-0.1, -0.05) is 12.2 Å². The number of benzene rings is 1. The zero-order valence-corrected chi connectivity index (χ0v) is 13.5. The number of hydrogen-bond donors (Lipinski definition) is 0. The molecule has 1 aromatic rings. The van der Waals surface area contributed by atoms with Gasteiger partial charge < -0.3 is 4.74 Å². The van der Waals surface area contributed by atoms with Crippen LogP contribution in [0.25, 0.3) is 0 Å². The molecule has 2 rings (SSSR count). The van der Waals surface area contributed by atoms with Crippen molar-refractivity contribution in [2.45, 2.75) is 51.7 Å². The van der Waals surface area contributed by atoms with Crippen LogP contribution in [0.1, 0.15) is 44.6 Å². The van der Waals surface area contributed by atoms with Crippen molar-refractivity contribution in [2.24, 2.45) is 11.8 Å². The summed E-state index contributed by atoms with van der Waals surface area (Å²) in [6.07, 6.45) is 3.44. The van der Waals surface area contributed by atoms with Crippen LogP contribution in [-0.4, -0.2) is 6.11 Å². The lowest BCUT2D eigenvalue weighted by Crippen LogP contribution is -2.27. The molecule has 0 aliphatic heterocycles. The normalized spacial score (nSPS) is 22.2. The van der Waals surface area contributed by atoms with Gasteiger partial charge in [0.05, 0.1) is 6.61 Å². The van der Waals surface area contributed by atoms with Gasteiger partial charge in [-0.25, -0.2) is 13.2 Å². The summed E-state index contributed by atoms with van der Waals surface area (Å²) in [5.41, 5.74) is -0.164. The van der Waals surface area contributed by atoms with E-state index >= 15 is 0 Å². The molecule has 0 aromatic heterocycles. The number of hydrogen-bond acceptors (Lipinski definition) is 1. The Morgan fingerprint density at radius 3 is 2.21 bits per heavy atom. The lowest BCUT2D eigenvalue weighted by atomic mass is 9.80. The van der Waals surface area contributed by atoms with Gasteiger partial charge in [0, 0.05) is 6.42 Å². The fourth-order valence-corrected chi connectivity index (χ4v) is 3.13. The second kappa shape index (κ2) is 8.10. The average Bonchev–Trinajstić information content (AvgIpc) is 2.52. The summed E-state index contributed by atoms with van der Waals surface area (Å²) in [6, 6.07) is 1.33. The Balaban J connectivity index is 1.85. The third-order valence-corrected chi connectivity index (χ3v) is 4.38. The van der Waals surface area contributed by atoms with Crippen LogP contribution in [0.15, 0.2) is 24.3 Å². The highest BCUT2D eigenvalue weighted by Crippen LogP contribution is 2.37. The summed E-state index contributed by atoms with van der Waals surface area (Å²) in [5, 5.41) is 0. The summed E-state index contributed by atoms with van der Waals surface area (Å²) < 4.78 is 71.4. The Labute approximate surface area is 138 Å². The minimum absolute atomic E-state index is 0.136. The summed E-state index contributed by atoms with van der Waals surface area (Å²) >= 11 is 0. The predicted octanol–water partition coefficient (Wildman–Crippen LogP) is 5.99. The second-order valence-electron chi connectivity index (χ2n) is 6.31. The highest BCUT2D eigenvalue weighted by molar-refractivity contribution is 5.18. The molecule has 1 aromatic carbocycles. The van der Waals surface area contributed by atoms with Crippen LogP contribution in [0.2, 0.25) is 0 Å². The van der Waals surface area contributed by atoms with E-state index in [0.29, 0.717) is 30.9 Å². The van der Waals surface area contributed by atoms with E-state index in [4.69, 9.17) is 0 Å². The van der Waals surface area contributed by atoms with Crippen LogP contribution >= 0.6 is 0 Å². The number of ether oxygens (including phenoxy) is 1. The summed E-state index contributed by atoms with van der Waals surface area (Å²) in [6.45, 7) is 1.27. The van der Waals surface area contributed by atoms with Crippen molar-refractivity contribution in [1.82, 2.24) is 0 Å². The summed E-state index contributed by atoms with van der Waals surface area (Å²) in [7, 11) is 0. The third kappa shape index (κ3) is 5.30. The Morgan fingerprint density at radius 1 is 1.08 bits per heavy atom. The number of halogens is 5. The molecule has 0 bridgehead atoms. The maximum Gasteiger partial charge on any atom is 0.356 e. The average molecular weight is 348 g/mol. The maximum atomic E-state index is 13.9. The third-order valence-electron chi connectivity index (χ3n) is 4.38. The lowest BCUT2D eigenvalue weighted by molar-refractivity contribution is -0.256. The summed E-state index contributed by atoms with van der Waals surface area (Å²) in [5.74, 6) is -4.14. The van der Waals surface area contributed by atoms with E-state index < -0.39 is 36.6 Å². The maximum absolute atomic E-state index is 13.9. The Bertz CT molecular complexity index is 554.